The standard InChI is InChI=1S/C12H12N2O2/c1-4-10-5-7-11(8-6-10)9-13-16-12(15)14(2)3/h1,5-9H,2-3H3/b13-9+. The molecule has 0 aromatic heterocycles. The first-order valence-electron chi connectivity index (χ1n) is 4.62. The minimum Gasteiger partial charge on any atom is -0.312 e. The molecule has 1 aromatic carbocycles. The van der Waals surface area contributed by atoms with Crippen LogP contribution < -0.4 is 0 Å². The molecule has 0 atom stereocenters. The van der Waals surface area contributed by atoms with Gasteiger partial charge in [0.15, 0.2) is 0 Å². The maximum Gasteiger partial charge on any atom is 0.435 e. The Kier molecular flexibility index (Phi) is 4.10. The first-order chi connectivity index (χ1) is 7.63. The van der Waals surface area contributed by atoms with Gasteiger partial charge in [-0.1, -0.05) is 23.2 Å². The first kappa shape index (κ1) is 11.8. The molecule has 0 saturated carbocycles. The van der Waals surface area contributed by atoms with Crippen LogP contribution in [0.15, 0.2) is 29.4 Å². The van der Waals surface area contributed by atoms with E-state index in [1.54, 1.807) is 38.4 Å². The Labute approximate surface area is 94.5 Å². The van der Waals surface area contributed by atoms with E-state index in [0.717, 1.165) is 11.1 Å². The Morgan fingerprint density at radius 2 is 2.06 bits per heavy atom. The number of nitrogens with zero attached hydrogens (tertiary/aromatic N) is 2. The number of amides is 1. The van der Waals surface area contributed by atoms with E-state index in [4.69, 9.17) is 6.42 Å². The van der Waals surface area contributed by atoms with E-state index in [1.807, 2.05) is 0 Å². The Bertz CT molecular complexity index is 427. The summed E-state index contributed by atoms with van der Waals surface area (Å²) in [7, 11) is 3.17. The van der Waals surface area contributed by atoms with Gasteiger partial charge in [-0.2, -0.15) is 0 Å². The molecule has 4 heteroatoms. The van der Waals surface area contributed by atoms with Gasteiger partial charge in [0.1, 0.15) is 0 Å². The molecular formula is C12H12N2O2. The van der Waals surface area contributed by atoms with Gasteiger partial charge in [0, 0.05) is 19.7 Å². The van der Waals surface area contributed by atoms with E-state index in [-0.39, 0.29) is 0 Å². The van der Waals surface area contributed by atoms with Crippen LogP contribution in [0.1, 0.15) is 11.1 Å². The maximum absolute atomic E-state index is 11.0. The average Bonchev–Trinajstić information content (AvgIpc) is 2.29. The summed E-state index contributed by atoms with van der Waals surface area (Å²) in [5.74, 6) is 2.51. The second-order valence-corrected chi connectivity index (χ2v) is 3.25. The van der Waals surface area contributed by atoms with E-state index in [2.05, 4.69) is 15.9 Å². The molecule has 0 heterocycles. The fraction of sp³-hybridized carbons (Fsp3) is 0.167. The number of hydrogen-bond donors (Lipinski definition) is 0. The highest BCUT2D eigenvalue weighted by molar-refractivity contribution is 5.80. The molecule has 0 aliphatic heterocycles. The van der Waals surface area contributed by atoms with E-state index in [1.165, 1.54) is 11.1 Å². The predicted molar refractivity (Wildman–Crippen MR) is 62.1 cm³/mol. The molecule has 0 saturated heterocycles. The average molecular weight is 216 g/mol. The molecule has 0 fully saturated rings. The SMILES string of the molecule is C#Cc1ccc(/C=N/OC(=O)N(C)C)cc1. The fourth-order valence-corrected chi connectivity index (χ4v) is 0.879. The lowest BCUT2D eigenvalue weighted by Gasteiger charge is -2.05. The molecule has 4 nitrogen and oxygen atoms in total. The lowest BCUT2D eigenvalue weighted by Crippen LogP contribution is -2.20. The van der Waals surface area contributed by atoms with Gasteiger partial charge in [-0.15, -0.1) is 6.42 Å². The van der Waals surface area contributed by atoms with Crippen molar-refractivity contribution in [2.45, 2.75) is 0 Å². The molecule has 0 unspecified atom stereocenters. The van der Waals surface area contributed by atoms with Crippen molar-refractivity contribution in [1.82, 2.24) is 4.90 Å². The predicted octanol–water partition coefficient (Wildman–Crippen LogP) is 1.70. The lowest BCUT2D eigenvalue weighted by atomic mass is 10.2. The topological polar surface area (TPSA) is 41.9 Å². The smallest absolute Gasteiger partial charge is 0.312 e. The highest BCUT2D eigenvalue weighted by Gasteiger charge is 2.02. The third kappa shape index (κ3) is 3.46. The number of hydrogen-bond acceptors (Lipinski definition) is 3. The summed E-state index contributed by atoms with van der Waals surface area (Å²) in [4.78, 5) is 16.9. The summed E-state index contributed by atoms with van der Waals surface area (Å²) in [6.45, 7) is 0. The number of carbonyl (C=O) groups excluding carboxylic acids is 1. The number of rotatable bonds is 2. The maximum atomic E-state index is 11.0. The van der Waals surface area contributed by atoms with Crippen LogP contribution in [0, 0.1) is 12.3 Å². The fourth-order valence-electron chi connectivity index (χ4n) is 0.879. The summed E-state index contributed by atoms with van der Waals surface area (Å²) < 4.78 is 0. The number of benzene rings is 1. The van der Waals surface area contributed by atoms with Gasteiger partial charge in [0.2, 0.25) is 0 Å². The van der Waals surface area contributed by atoms with Crippen LogP contribution >= 0.6 is 0 Å². The van der Waals surface area contributed by atoms with Gasteiger partial charge < -0.3 is 4.90 Å². The van der Waals surface area contributed by atoms with Gasteiger partial charge >= 0.3 is 6.09 Å². The molecule has 0 spiro atoms. The van der Waals surface area contributed by atoms with Crippen LogP contribution in [0.4, 0.5) is 4.79 Å². The second kappa shape index (κ2) is 5.56. The van der Waals surface area contributed by atoms with Gasteiger partial charge in [0.25, 0.3) is 0 Å². The highest BCUT2D eigenvalue weighted by Crippen LogP contribution is 2.00. The van der Waals surface area contributed by atoms with Gasteiger partial charge in [-0.05, 0) is 17.7 Å². The quantitative estimate of drug-likeness (QED) is 0.327. The van der Waals surface area contributed by atoms with Crippen molar-refractivity contribution in [3.05, 3.63) is 35.4 Å². The number of oxime groups is 1. The van der Waals surface area contributed by atoms with E-state index < -0.39 is 6.09 Å². The van der Waals surface area contributed by atoms with Gasteiger partial charge in [-0.3, -0.25) is 4.84 Å². The van der Waals surface area contributed by atoms with Crippen molar-refractivity contribution in [2.24, 2.45) is 5.16 Å². The Morgan fingerprint density at radius 1 is 1.44 bits per heavy atom. The second-order valence-electron chi connectivity index (χ2n) is 3.25. The highest BCUT2D eigenvalue weighted by atomic mass is 16.7. The van der Waals surface area contributed by atoms with Crippen LogP contribution in [-0.4, -0.2) is 31.3 Å². The van der Waals surface area contributed by atoms with Crippen molar-refractivity contribution in [3.63, 3.8) is 0 Å². The number of carbonyl (C=O) groups is 1. The van der Waals surface area contributed by atoms with Crippen LogP contribution in [-0.2, 0) is 4.84 Å². The molecule has 0 radical (unpaired) electrons. The van der Waals surface area contributed by atoms with E-state index in [0.29, 0.717) is 0 Å². The van der Waals surface area contributed by atoms with Crippen LogP contribution in [0.5, 0.6) is 0 Å². The molecular weight excluding hydrogens is 204 g/mol. The number of terminal acetylenes is 1. The largest absolute Gasteiger partial charge is 0.435 e. The van der Waals surface area contributed by atoms with Crippen LogP contribution in [0.3, 0.4) is 0 Å². The van der Waals surface area contributed by atoms with Crippen LogP contribution in [0.2, 0.25) is 0 Å². The molecule has 82 valence electrons. The summed E-state index contributed by atoms with van der Waals surface area (Å²) in [5, 5.41) is 3.55. The van der Waals surface area contributed by atoms with Crippen LogP contribution in [0.25, 0.3) is 0 Å². The Balaban J connectivity index is 2.57. The third-order valence-corrected chi connectivity index (χ3v) is 1.78. The normalized spacial score (nSPS) is 9.81. The van der Waals surface area contributed by atoms with Gasteiger partial charge in [-0.25, -0.2) is 4.79 Å². The Hall–Kier alpha value is -2.28. The van der Waals surface area contributed by atoms with Crippen molar-refractivity contribution in [2.75, 3.05) is 14.1 Å². The molecule has 1 amide bonds. The molecule has 0 N–H and O–H groups in total. The zero-order valence-electron chi connectivity index (χ0n) is 9.18. The summed E-state index contributed by atoms with van der Waals surface area (Å²) in [5.41, 5.74) is 1.60. The van der Waals surface area contributed by atoms with Crippen molar-refractivity contribution >= 4 is 12.3 Å². The molecule has 1 rings (SSSR count). The van der Waals surface area contributed by atoms with E-state index in [9.17, 15) is 4.79 Å². The third-order valence-electron chi connectivity index (χ3n) is 1.78. The monoisotopic (exact) mass is 216 g/mol. The Morgan fingerprint density at radius 3 is 2.56 bits per heavy atom. The summed E-state index contributed by atoms with van der Waals surface area (Å²) in [6, 6.07) is 7.16. The van der Waals surface area contributed by atoms with E-state index >= 15 is 0 Å². The first-order valence-corrected chi connectivity index (χ1v) is 4.62. The minimum absolute atomic E-state index is 0.517. The molecule has 16 heavy (non-hydrogen) atoms. The van der Waals surface area contributed by atoms with Crippen molar-refractivity contribution < 1.29 is 9.63 Å². The zero-order valence-corrected chi connectivity index (χ0v) is 9.18. The molecule has 0 aliphatic carbocycles. The van der Waals surface area contributed by atoms with Crippen molar-refractivity contribution in [1.29, 1.82) is 0 Å². The summed E-state index contributed by atoms with van der Waals surface area (Å²) in [6.07, 6.45) is 6.14. The van der Waals surface area contributed by atoms with Crippen molar-refractivity contribution in [3.8, 4) is 12.3 Å². The van der Waals surface area contributed by atoms with Gasteiger partial charge in [0.05, 0.1) is 6.21 Å². The zero-order chi connectivity index (χ0) is 12.0. The molecule has 0 aliphatic rings. The lowest BCUT2D eigenvalue weighted by molar-refractivity contribution is 0.123. The molecule has 1 aromatic rings. The molecule has 0 bridgehead atoms. The summed E-state index contributed by atoms with van der Waals surface area (Å²) >= 11 is 0. The minimum atomic E-state index is -0.517.